The maximum atomic E-state index is 13.8. The molecule has 3 aromatic rings. The van der Waals surface area contributed by atoms with Gasteiger partial charge in [0.1, 0.15) is 5.82 Å². The van der Waals surface area contributed by atoms with Crippen molar-refractivity contribution in [3.8, 4) is 0 Å². The summed E-state index contributed by atoms with van der Waals surface area (Å²) in [4.78, 5) is 8.69. The summed E-state index contributed by atoms with van der Waals surface area (Å²) < 4.78 is 15.9. The van der Waals surface area contributed by atoms with Gasteiger partial charge in [0.2, 0.25) is 5.95 Å². The van der Waals surface area contributed by atoms with Crippen LogP contribution in [-0.2, 0) is 13.0 Å². The van der Waals surface area contributed by atoms with Crippen LogP contribution in [0.25, 0.3) is 11.0 Å². The predicted octanol–water partition coefficient (Wildman–Crippen LogP) is 3.53. The summed E-state index contributed by atoms with van der Waals surface area (Å²) >= 11 is 3.16. The summed E-state index contributed by atoms with van der Waals surface area (Å²) in [6, 6.07) is 7.03. The number of aromatic nitrogens is 3. The molecule has 0 spiro atoms. The van der Waals surface area contributed by atoms with Gasteiger partial charge in [0.15, 0.2) is 0 Å². The average molecular weight is 349 g/mol. The van der Waals surface area contributed by atoms with Gasteiger partial charge < -0.3 is 10.3 Å². The fourth-order valence-corrected chi connectivity index (χ4v) is 2.72. The van der Waals surface area contributed by atoms with Crippen molar-refractivity contribution in [1.82, 2.24) is 14.5 Å². The highest BCUT2D eigenvalue weighted by atomic mass is 79.9. The van der Waals surface area contributed by atoms with Crippen molar-refractivity contribution >= 4 is 32.9 Å². The number of hydrogen-bond donors (Lipinski definition) is 1. The smallest absolute Gasteiger partial charge is 0.201 e. The molecule has 2 aromatic heterocycles. The molecule has 0 saturated heterocycles. The van der Waals surface area contributed by atoms with E-state index in [9.17, 15) is 4.39 Å². The highest BCUT2D eigenvalue weighted by Gasteiger charge is 2.13. The number of rotatable bonds is 3. The van der Waals surface area contributed by atoms with Gasteiger partial charge in [-0.1, -0.05) is 13.0 Å². The van der Waals surface area contributed by atoms with Gasteiger partial charge in [0.25, 0.3) is 0 Å². The van der Waals surface area contributed by atoms with Crippen molar-refractivity contribution in [3.05, 3.63) is 52.0 Å². The number of halogens is 2. The molecule has 0 fully saturated rings. The fourth-order valence-electron chi connectivity index (χ4n) is 2.39. The quantitative estimate of drug-likeness (QED) is 0.787. The van der Waals surface area contributed by atoms with Crippen LogP contribution in [0, 0.1) is 5.82 Å². The Kier molecular flexibility index (Phi) is 3.63. The van der Waals surface area contributed by atoms with E-state index in [2.05, 4.69) is 32.8 Å². The molecule has 0 unspecified atom stereocenters. The van der Waals surface area contributed by atoms with Crippen molar-refractivity contribution in [2.24, 2.45) is 0 Å². The van der Waals surface area contributed by atoms with Gasteiger partial charge in [-0.2, -0.15) is 0 Å². The van der Waals surface area contributed by atoms with E-state index in [0.717, 1.165) is 17.7 Å². The maximum absolute atomic E-state index is 13.8. The summed E-state index contributed by atoms with van der Waals surface area (Å²) in [6.07, 6.45) is 2.64. The summed E-state index contributed by atoms with van der Waals surface area (Å²) in [5.74, 6) is 0.0237. The fraction of sp³-hybridized carbons (Fsp3) is 0.200. The van der Waals surface area contributed by atoms with E-state index in [-0.39, 0.29) is 5.82 Å². The number of nitrogens with two attached hydrogens (primary N) is 1. The molecule has 3 rings (SSSR count). The maximum Gasteiger partial charge on any atom is 0.201 e. The van der Waals surface area contributed by atoms with E-state index >= 15 is 0 Å². The first-order chi connectivity index (χ1) is 10.1. The third-order valence-electron chi connectivity index (χ3n) is 3.49. The van der Waals surface area contributed by atoms with Crippen LogP contribution in [0.3, 0.4) is 0 Å². The molecule has 0 saturated carbocycles. The molecule has 0 aliphatic rings. The second-order valence-electron chi connectivity index (χ2n) is 4.77. The Morgan fingerprint density at radius 3 is 2.95 bits per heavy atom. The van der Waals surface area contributed by atoms with Gasteiger partial charge in [0.05, 0.1) is 27.7 Å². The highest BCUT2D eigenvalue weighted by molar-refractivity contribution is 9.10. The molecule has 108 valence electrons. The number of aryl methyl sites for hydroxylation is 1. The molecule has 6 heteroatoms. The number of pyridine rings is 1. The molecule has 2 heterocycles. The minimum Gasteiger partial charge on any atom is -0.369 e. The van der Waals surface area contributed by atoms with Gasteiger partial charge in [0, 0.05) is 12.3 Å². The molecule has 0 bridgehead atoms. The Balaban J connectivity index is 2.12. The molecule has 0 amide bonds. The third kappa shape index (κ3) is 2.51. The zero-order chi connectivity index (χ0) is 15.0. The zero-order valence-electron chi connectivity index (χ0n) is 11.5. The van der Waals surface area contributed by atoms with Gasteiger partial charge in [-0.05, 0) is 40.0 Å². The average Bonchev–Trinajstić information content (AvgIpc) is 2.76. The van der Waals surface area contributed by atoms with Crippen molar-refractivity contribution in [1.29, 1.82) is 0 Å². The van der Waals surface area contributed by atoms with Crippen molar-refractivity contribution in [2.75, 3.05) is 5.73 Å². The van der Waals surface area contributed by atoms with Gasteiger partial charge in [-0.25, -0.2) is 9.37 Å². The molecule has 2 N–H and O–H groups in total. The van der Waals surface area contributed by atoms with Gasteiger partial charge in [-0.3, -0.25) is 4.98 Å². The summed E-state index contributed by atoms with van der Waals surface area (Å²) in [7, 11) is 0. The number of imidazole rings is 1. The normalized spacial score (nSPS) is 11.2. The number of benzene rings is 1. The summed E-state index contributed by atoms with van der Waals surface area (Å²) in [5, 5.41) is 0. The van der Waals surface area contributed by atoms with E-state index in [1.165, 1.54) is 6.07 Å². The van der Waals surface area contributed by atoms with Crippen LogP contribution in [0.2, 0.25) is 0 Å². The van der Waals surface area contributed by atoms with E-state index in [0.29, 0.717) is 28.0 Å². The Morgan fingerprint density at radius 1 is 1.38 bits per heavy atom. The van der Waals surface area contributed by atoms with Crippen LogP contribution in [0.15, 0.2) is 34.9 Å². The molecule has 1 aromatic carbocycles. The predicted molar refractivity (Wildman–Crippen MR) is 84.5 cm³/mol. The third-order valence-corrected chi connectivity index (χ3v) is 4.10. The first-order valence-corrected chi connectivity index (χ1v) is 7.43. The van der Waals surface area contributed by atoms with E-state index in [4.69, 9.17) is 5.73 Å². The lowest BCUT2D eigenvalue weighted by Crippen LogP contribution is -2.08. The molecular formula is C15H14BrFN4. The lowest BCUT2D eigenvalue weighted by atomic mass is 10.1. The van der Waals surface area contributed by atoms with E-state index in [1.54, 1.807) is 16.8 Å². The number of fused-ring (bicyclic) bond motifs is 1. The highest BCUT2D eigenvalue weighted by Crippen LogP contribution is 2.26. The second-order valence-corrected chi connectivity index (χ2v) is 5.63. The number of anilines is 1. The second kappa shape index (κ2) is 5.44. The molecular weight excluding hydrogens is 335 g/mol. The Labute approximate surface area is 129 Å². The van der Waals surface area contributed by atoms with E-state index in [1.807, 2.05) is 12.1 Å². The lowest BCUT2D eigenvalue weighted by molar-refractivity contribution is 0.622. The molecule has 0 aliphatic heterocycles. The molecule has 21 heavy (non-hydrogen) atoms. The molecule has 0 atom stereocenters. The van der Waals surface area contributed by atoms with Crippen LogP contribution in [0.4, 0.5) is 10.3 Å². The molecule has 0 radical (unpaired) electrons. The van der Waals surface area contributed by atoms with Crippen molar-refractivity contribution < 1.29 is 4.39 Å². The minimum atomic E-state index is -0.333. The van der Waals surface area contributed by atoms with Crippen LogP contribution in [-0.4, -0.2) is 14.5 Å². The SMILES string of the molecule is CCc1cccnc1Cn1c(N)nc2cc(Br)c(F)cc21. The Morgan fingerprint density at radius 2 is 2.19 bits per heavy atom. The summed E-state index contributed by atoms with van der Waals surface area (Å²) in [6.45, 7) is 2.56. The van der Waals surface area contributed by atoms with Crippen LogP contribution in [0.5, 0.6) is 0 Å². The van der Waals surface area contributed by atoms with Crippen LogP contribution >= 0.6 is 15.9 Å². The van der Waals surface area contributed by atoms with Gasteiger partial charge >= 0.3 is 0 Å². The minimum absolute atomic E-state index is 0.333. The van der Waals surface area contributed by atoms with Crippen LogP contribution < -0.4 is 5.73 Å². The largest absolute Gasteiger partial charge is 0.369 e. The van der Waals surface area contributed by atoms with Crippen molar-refractivity contribution in [2.45, 2.75) is 19.9 Å². The number of nitrogen functional groups attached to an aromatic ring is 1. The first-order valence-electron chi connectivity index (χ1n) is 6.63. The first kappa shape index (κ1) is 14.0. The van der Waals surface area contributed by atoms with E-state index < -0.39 is 0 Å². The molecule has 0 aliphatic carbocycles. The number of hydrogen-bond acceptors (Lipinski definition) is 3. The molecule has 4 nitrogen and oxygen atoms in total. The van der Waals surface area contributed by atoms with Crippen LogP contribution in [0.1, 0.15) is 18.2 Å². The topological polar surface area (TPSA) is 56.7 Å². The lowest BCUT2D eigenvalue weighted by Gasteiger charge is -2.09. The summed E-state index contributed by atoms with van der Waals surface area (Å²) in [5.41, 5.74) is 9.38. The Hall–Kier alpha value is -1.95. The van der Waals surface area contributed by atoms with Crippen molar-refractivity contribution in [3.63, 3.8) is 0 Å². The monoisotopic (exact) mass is 348 g/mol. The standard InChI is InChI=1S/C15H14BrFN4/c1-2-9-4-3-5-19-13(9)8-21-14-7-11(17)10(16)6-12(14)20-15(21)18/h3-7H,2,8H2,1H3,(H2,18,20). The Bertz CT molecular complexity index is 813. The van der Waals surface area contributed by atoms with Gasteiger partial charge in [-0.15, -0.1) is 0 Å². The number of nitrogens with zero attached hydrogens (tertiary/aromatic N) is 3. The zero-order valence-corrected chi connectivity index (χ0v) is 13.1.